The summed E-state index contributed by atoms with van der Waals surface area (Å²) < 4.78 is 0. The van der Waals surface area contributed by atoms with E-state index in [1.165, 1.54) is 0 Å². The lowest BCUT2D eigenvalue weighted by Gasteiger charge is -2.17. The summed E-state index contributed by atoms with van der Waals surface area (Å²) in [7, 11) is 1.86. The molecule has 0 saturated heterocycles. The Labute approximate surface area is 93.0 Å². The van der Waals surface area contributed by atoms with E-state index in [2.05, 4.69) is 15.0 Å². The molecule has 0 saturated carbocycles. The molecule has 2 rings (SSSR count). The Kier molecular flexibility index (Phi) is 2.55. The Morgan fingerprint density at radius 1 is 1.25 bits per heavy atom. The van der Waals surface area contributed by atoms with Gasteiger partial charge in [0.15, 0.2) is 0 Å². The van der Waals surface area contributed by atoms with E-state index >= 15 is 0 Å². The normalized spacial score (nSPS) is 10.1. The van der Waals surface area contributed by atoms with Crippen molar-refractivity contribution < 1.29 is 0 Å². The first-order valence-corrected chi connectivity index (χ1v) is 4.70. The Hall–Kier alpha value is -2.37. The molecule has 0 aromatic carbocycles. The summed E-state index contributed by atoms with van der Waals surface area (Å²) in [6.45, 7) is 0. The van der Waals surface area contributed by atoms with E-state index in [9.17, 15) is 0 Å². The maximum atomic E-state index is 5.60. The van der Waals surface area contributed by atoms with E-state index in [-0.39, 0.29) is 5.95 Å². The van der Waals surface area contributed by atoms with Crippen LogP contribution in [0.1, 0.15) is 0 Å². The van der Waals surface area contributed by atoms with Crippen molar-refractivity contribution in [1.29, 1.82) is 0 Å². The number of nitrogen functional groups attached to an aromatic ring is 2. The van der Waals surface area contributed by atoms with Crippen molar-refractivity contribution in [1.82, 2.24) is 15.0 Å². The number of nitrogens with zero attached hydrogens (tertiary/aromatic N) is 4. The van der Waals surface area contributed by atoms with E-state index in [4.69, 9.17) is 11.5 Å². The first kappa shape index (κ1) is 10.2. The molecule has 0 aliphatic heterocycles. The maximum absolute atomic E-state index is 5.60. The van der Waals surface area contributed by atoms with Crippen LogP contribution in [0.4, 0.5) is 23.3 Å². The molecule has 0 bridgehead atoms. The average Bonchev–Trinajstić information content (AvgIpc) is 2.28. The molecule has 82 valence electrons. The molecule has 0 radical (unpaired) electrons. The van der Waals surface area contributed by atoms with E-state index in [1.54, 1.807) is 18.5 Å². The van der Waals surface area contributed by atoms with Crippen molar-refractivity contribution >= 4 is 23.3 Å². The van der Waals surface area contributed by atoms with Crippen molar-refractivity contribution in [3.8, 4) is 0 Å². The number of aromatic nitrogens is 3. The molecule has 0 aliphatic carbocycles. The first-order chi connectivity index (χ1) is 7.66. The SMILES string of the molecule is CN(c1cccnc1)c1cc(N)nc(N)n1. The molecule has 6 heteroatoms. The number of anilines is 4. The smallest absolute Gasteiger partial charge is 0.223 e. The Morgan fingerprint density at radius 3 is 2.69 bits per heavy atom. The van der Waals surface area contributed by atoms with Gasteiger partial charge in [-0.05, 0) is 12.1 Å². The molecule has 2 aromatic heterocycles. The van der Waals surface area contributed by atoms with Crippen molar-refractivity contribution in [2.45, 2.75) is 0 Å². The van der Waals surface area contributed by atoms with Crippen LogP contribution in [0, 0.1) is 0 Å². The summed E-state index contributed by atoms with van der Waals surface area (Å²) in [5.74, 6) is 1.14. The van der Waals surface area contributed by atoms with Gasteiger partial charge in [0, 0.05) is 19.3 Å². The number of nitrogens with two attached hydrogens (primary N) is 2. The third-order valence-corrected chi connectivity index (χ3v) is 2.13. The van der Waals surface area contributed by atoms with Crippen LogP contribution in [0.3, 0.4) is 0 Å². The molecular formula is C10H12N6. The third-order valence-electron chi connectivity index (χ3n) is 2.13. The standard InChI is InChI=1S/C10H12N6/c1-16(7-3-2-4-13-6-7)9-5-8(11)14-10(12)15-9/h2-6H,1H3,(H4,11,12,14,15). The summed E-state index contributed by atoms with van der Waals surface area (Å²) in [5, 5.41) is 0. The van der Waals surface area contributed by atoms with Gasteiger partial charge >= 0.3 is 0 Å². The van der Waals surface area contributed by atoms with Crippen LogP contribution in [0.5, 0.6) is 0 Å². The van der Waals surface area contributed by atoms with Gasteiger partial charge in [-0.25, -0.2) is 0 Å². The largest absolute Gasteiger partial charge is 0.383 e. The molecular weight excluding hydrogens is 204 g/mol. The van der Waals surface area contributed by atoms with Crippen LogP contribution in [0.15, 0.2) is 30.6 Å². The van der Waals surface area contributed by atoms with Gasteiger partial charge in [0.1, 0.15) is 11.6 Å². The third kappa shape index (κ3) is 2.00. The van der Waals surface area contributed by atoms with Gasteiger partial charge in [-0.2, -0.15) is 9.97 Å². The fourth-order valence-electron chi connectivity index (χ4n) is 1.33. The lowest BCUT2D eigenvalue weighted by molar-refractivity contribution is 1.09. The molecule has 0 amide bonds. The van der Waals surface area contributed by atoms with Crippen molar-refractivity contribution in [3.63, 3.8) is 0 Å². The summed E-state index contributed by atoms with van der Waals surface area (Å²) in [5.41, 5.74) is 12.0. The Bertz CT molecular complexity index is 464. The van der Waals surface area contributed by atoms with Crippen molar-refractivity contribution in [2.24, 2.45) is 0 Å². The van der Waals surface area contributed by atoms with Gasteiger partial charge in [0.05, 0.1) is 11.9 Å². The highest BCUT2D eigenvalue weighted by molar-refractivity contribution is 5.61. The van der Waals surface area contributed by atoms with Crippen LogP contribution < -0.4 is 16.4 Å². The zero-order valence-corrected chi connectivity index (χ0v) is 8.83. The van der Waals surface area contributed by atoms with Crippen LogP contribution in [0.25, 0.3) is 0 Å². The monoisotopic (exact) mass is 216 g/mol. The van der Waals surface area contributed by atoms with Gasteiger partial charge in [-0.1, -0.05) is 0 Å². The van der Waals surface area contributed by atoms with E-state index in [0.29, 0.717) is 11.6 Å². The minimum Gasteiger partial charge on any atom is -0.383 e. The fraction of sp³-hybridized carbons (Fsp3) is 0.100. The van der Waals surface area contributed by atoms with Crippen LogP contribution >= 0.6 is 0 Å². The average molecular weight is 216 g/mol. The molecule has 4 N–H and O–H groups in total. The highest BCUT2D eigenvalue weighted by atomic mass is 15.2. The Morgan fingerprint density at radius 2 is 2.06 bits per heavy atom. The van der Waals surface area contributed by atoms with Crippen LogP contribution in [0.2, 0.25) is 0 Å². The Balaban J connectivity index is 2.37. The number of hydrogen-bond acceptors (Lipinski definition) is 6. The molecule has 16 heavy (non-hydrogen) atoms. The number of pyridine rings is 1. The molecule has 0 fully saturated rings. The zero-order valence-electron chi connectivity index (χ0n) is 8.83. The van der Waals surface area contributed by atoms with Crippen LogP contribution in [-0.4, -0.2) is 22.0 Å². The number of rotatable bonds is 2. The predicted molar refractivity (Wildman–Crippen MR) is 63.2 cm³/mol. The second-order valence-electron chi connectivity index (χ2n) is 3.28. The zero-order chi connectivity index (χ0) is 11.5. The topological polar surface area (TPSA) is 94.0 Å². The quantitative estimate of drug-likeness (QED) is 0.771. The second kappa shape index (κ2) is 4.01. The van der Waals surface area contributed by atoms with Crippen molar-refractivity contribution in [3.05, 3.63) is 30.6 Å². The lowest BCUT2D eigenvalue weighted by atomic mass is 10.3. The highest BCUT2D eigenvalue weighted by Crippen LogP contribution is 2.21. The molecule has 0 unspecified atom stereocenters. The summed E-state index contributed by atoms with van der Waals surface area (Å²) in [4.78, 5) is 13.8. The van der Waals surface area contributed by atoms with Gasteiger partial charge < -0.3 is 16.4 Å². The highest BCUT2D eigenvalue weighted by Gasteiger charge is 2.07. The van der Waals surface area contributed by atoms with Gasteiger partial charge in [0.25, 0.3) is 0 Å². The maximum Gasteiger partial charge on any atom is 0.223 e. The molecule has 2 aromatic rings. The van der Waals surface area contributed by atoms with E-state index < -0.39 is 0 Å². The minimum absolute atomic E-state index is 0.158. The summed E-state index contributed by atoms with van der Waals surface area (Å²) >= 11 is 0. The molecule has 2 heterocycles. The lowest BCUT2D eigenvalue weighted by Crippen LogP contribution is -2.13. The molecule has 6 nitrogen and oxygen atoms in total. The van der Waals surface area contributed by atoms with Gasteiger partial charge in [-0.15, -0.1) is 0 Å². The van der Waals surface area contributed by atoms with Gasteiger partial charge in [-0.3, -0.25) is 4.98 Å². The fourth-order valence-corrected chi connectivity index (χ4v) is 1.33. The van der Waals surface area contributed by atoms with E-state index in [0.717, 1.165) is 5.69 Å². The first-order valence-electron chi connectivity index (χ1n) is 4.70. The van der Waals surface area contributed by atoms with E-state index in [1.807, 2.05) is 24.1 Å². The molecule has 0 spiro atoms. The van der Waals surface area contributed by atoms with Gasteiger partial charge in [0.2, 0.25) is 5.95 Å². The summed E-state index contributed by atoms with van der Waals surface area (Å²) in [6, 6.07) is 5.42. The predicted octanol–water partition coefficient (Wildman–Crippen LogP) is 0.804. The second-order valence-corrected chi connectivity index (χ2v) is 3.28. The minimum atomic E-state index is 0.158. The molecule has 0 atom stereocenters. The number of hydrogen-bond donors (Lipinski definition) is 2. The van der Waals surface area contributed by atoms with Crippen LogP contribution in [-0.2, 0) is 0 Å². The van der Waals surface area contributed by atoms with Crippen molar-refractivity contribution in [2.75, 3.05) is 23.4 Å². The molecule has 0 aliphatic rings. The summed E-state index contributed by atoms with van der Waals surface area (Å²) in [6.07, 6.45) is 3.44.